The lowest BCUT2D eigenvalue weighted by Gasteiger charge is -2.16. The van der Waals surface area contributed by atoms with Gasteiger partial charge in [-0.1, -0.05) is 42.5 Å². The maximum absolute atomic E-state index is 12.1. The molecule has 0 aliphatic heterocycles. The molecule has 0 radical (unpaired) electrons. The van der Waals surface area contributed by atoms with Crippen LogP contribution < -0.4 is 5.32 Å². The summed E-state index contributed by atoms with van der Waals surface area (Å²) in [5.41, 5.74) is 2.38. The molecule has 0 saturated carbocycles. The van der Waals surface area contributed by atoms with Gasteiger partial charge in [-0.3, -0.25) is 4.79 Å². The Kier molecular flexibility index (Phi) is 4.72. The summed E-state index contributed by atoms with van der Waals surface area (Å²) in [4.78, 5) is 23.4. The van der Waals surface area contributed by atoms with Gasteiger partial charge < -0.3 is 10.4 Å². The highest BCUT2D eigenvalue weighted by Crippen LogP contribution is 2.10. The lowest BCUT2D eigenvalue weighted by atomic mass is 10.0. The fraction of sp³-hybridized carbons (Fsp3) is 0.176. The minimum atomic E-state index is -1.04. The van der Waals surface area contributed by atoms with Crippen molar-refractivity contribution in [3.05, 3.63) is 71.3 Å². The minimum Gasteiger partial charge on any atom is -0.480 e. The van der Waals surface area contributed by atoms with Crippen LogP contribution in [0.25, 0.3) is 0 Å². The average molecular weight is 283 g/mol. The zero-order chi connectivity index (χ0) is 15.2. The van der Waals surface area contributed by atoms with Gasteiger partial charge in [0.2, 0.25) is 0 Å². The number of hydrogen-bond acceptors (Lipinski definition) is 2. The molecule has 0 aromatic heterocycles. The lowest BCUT2D eigenvalue weighted by molar-refractivity contribution is -0.139. The Morgan fingerprint density at radius 3 is 2.29 bits per heavy atom. The van der Waals surface area contributed by atoms with E-state index in [1.807, 2.05) is 31.2 Å². The van der Waals surface area contributed by atoms with Crippen molar-refractivity contribution in [3.8, 4) is 0 Å². The normalized spacial score (nSPS) is 11.7. The molecule has 0 fully saturated rings. The van der Waals surface area contributed by atoms with Crippen molar-refractivity contribution in [2.75, 3.05) is 0 Å². The van der Waals surface area contributed by atoms with Gasteiger partial charge in [0.05, 0.1) is 0 Å². The number of nitrogens with one attached hydrogen (secondary N) is 1. The van der Waals surface area contributed by atoms with E-state index in [9.17, 15) is 14.7 Å². The number of benzene rings is 2. The molecule has 0 bridgehead atoms. The van der Waals surface area contributed by atoms with Crippen molar-refractivity contribution in [3.63, 3.8) is 0 Å². The van der Waals surface area contributed by atoms with E-state index in [0.717, 1.165) is 11.1 Å². The van der Waals surface area contributed by atoms with E-state index in [-0.39, 0.29) is 12.3 Å². The van der Waals surface area contributed by atoms with Crippen LogP contribution in [0.4, 0.5) is 0 Å². The third-order valence-electron chi connectivity index (χ3n) is 3.32. The third kappa shape index (κ3) is 3.92. The summed E-state index contributed by atoms with van der Waals surface area (Å²) < 4.78 is 0. The van der Waals surface area contributed by atoms with Crippen molar-refractivity contribution in [1.82, 2.24) is 5.32 Å². The van der Waals surface area contributed by atoms with Crippen LogP contribution in [-0.4, -0.2) is 23.0 Å². The van der Waals surface area contributed by atoms with Gasteiger partial charge in [0, 0.05) is 12.0 Å². The number of carbonyl (C=O) groups excluding carboxylic acids is 1. The van der Waals surface area contributed by atoms with E-state index in [4.69, 9.17) is 0 Å². The number of amides is 1. The Hall–Kier alpha value is -2.62. The maximum atomic E-state index is 12.1. The molecule has 1 amide bonds. The van der Waals surface area contributed by atoms with Crippen LogP contribution in [0, 0.1) is 6.92 Å². The van der Waals surface area contributed by atoms with Gasteiger partial charge >= 0.3 is 5.97 Å². The molecule has 108 valence electrons. The fourth-order valence-electron chi connectivity index (χ4n) is 2.09. The van der Waals surface area contributed by atoms with E-state index in [1.165, 1.54) is 0 Å². The SMILES string of the molecule is Cc1ccccc1C[C@@H](NC(=O)c1ccccc1)C(=O)O. The van der Waals surface area contributed by atoms with E-state index in [0.29, 0.717) is 5.56 Å². The molecule has 4 nitrogen and oxygen atoms in total. The maximum Gasteiger partial charge on any atom is 0.326 e. The first-order chi connectivity index (χ1) is 10.1. The van der Waals surface area contributed by atoms with Crippen LogP contribution in [-0.2, 0) is 11.2 Å². The fourth-order valence-corrected chi connectivity index (χ4v) is 2.09. The lowest BCUT2D eigenvalue weighted by Crippen LogP contribution is -2.42. The molecule has 2 aromatic rings. The van der Waals surface area contributed by atoms with Crippen LogP contribution in [0.1, 0.15) is 21.5 Å². The summed E-state index contributed by atoms with van der Waals surface area (Å²) in [6.07, 6.45) is 0.264. The number of carboxylic acid groups (broad SMARTS) is 1. The predicted molar refractivity (Wildman–Crippen MR) is 80.2 cm³/mol. The quantitative estimate of drug-likeness (QED) is 0.885. The number of carbonyl (C=O) groups is 2. The van der Waals surface area contributed by atoms with E-state index in [2.05, 4.69) is 5.32 Å². The molecule has 1 atom stereocenters. The van der Waals surface area contributed by atoms with Crippen molar-refractivity contribution in [1.29, 1.82) is 0 Å². The molecule has 0 saturated heterocycles. The largest absolute Gasteiger partial charge is 0.480 e. The molecule has 2 aromatic carbocycles. The summed E-state index contributed by atoms with van der Waals surface area (Å²) in [6.45, 7) is 1.92. The predicted octanol–water partition coefficient (Wildman–Crippen LogP) is 2.42. The second kappa shape index (κ2) is 6.70. The highest BCUT2D eigenvalue weighted by molar-refractivity contribution is 5.96. The Morgan fingerprint density at radius 1 is 1.05 bits per heavy atom. The smallest absolute Gasteiger partial charge is 0.326 e. The molecule has 2 N–H and O–H groups in total. The molecule has 4 heteroatoms. The number of rotatable bonds is 5. The third-order valence-corrected chi connectivity index (χ3v) is 3.32. The standard InChI is InChI=1S/C17H17NO3/c1-12-7-5-6-10-14(12)11-15(17(20)21)18-16(19)13-8-3-2-4-9-13/h2-10,15H,11H2,1H3,(H,18,19)(H,20,21)/t15-/m1/s1. The molecule has 0 spiro atoms. The molecule has 0 aliphatic carbocycles. The van der Waals surface area contributed by atoms with Gasteiger partial charge in [-0.15, -0.1) is 0 Å². The number of aliphatic carboxylic acids is 1. The van der Waals surface area contributed by atoms with E-state index >= 15 is 0 Å². The van der Waals surface area contributed by atoms with Crippen molar-refractivity contribution in [2.45, 2.75) is 19.4 Å². The summed E-state index contributed by atoms with van der Waals surface area (Å²) >= 11 is 0. The molecule has 21 heavy (non-hydrogen) atoms. The van der Waals surface area contributed by atoms with E-state index < -0.39 is 12.0 Å². The van der Waals surface area contributed by atoms with Gasteiger partial charge in [0.25, 0.3) is 5.91 Å². The second-order valence-electron chi connectivity index (χ2n) is 4.86. The van der Waals surface area contributed by atoms with Crippen LogP contribution in [0.2, 0.25) is 0 Å². The zero-order valence-electron chi connectivity index (χ0n) is 11.7. The molecule has 0 heterocycles. The highest BCUT2D eigenvalue weighted by Gasteiger charge is 2.21. The van der Waals surface area contributed by atoms with Gasteiger partial charge in [0.1, 0.15) is 6.04 Å². The second-order valence-corrected chi connectivity index (χ2v) is 4.86. The monoisotopic (exact) mass is 283 g/mol. The molecular weight excluding hydrogens is 266 g/mol. The van der Waals surface area contributed by atoms with Gasteiger partial charge in [0.15, 0.2) is 0 Å². The average Bonchev–Trinajstić information content (AvgIpc) is 2.49. The summed E-state index contributed by atoms with van der Waals surface area (Å²) in [5.74, 6) is -1.42. The molecular formula is C17H17NO3. The topological polar surface area (TPSA) is 66.4 Å². The van der Waals surface area contributed by atoms with Crippen LogP contribution in [0.3, 0.4) is 0 Å². The van der Waals surface area contributed by atoms with Crippen LogP contribution >= 0.6 is 0 Å². The summed E-state index contributed by atoms with van der Waals surface area (Å²) in [5, 5.41) is 11.9. The first-order valence-electron chi connectivity index (χ1n) is 6.71. The minimum absolute atomic E-state index is 0.264. The first kappa shape index (κ1) is 14.8. The molecule has 2 rings (SSSR count). The van der Waals surface area contributed by atoms with Gasteiger partial charge in [-0.05, 0) is 30.2 Å². The highest BCUT2D eigenvalue weighted by atomic mass is 16.4. The van der Waals surface area contributed by atoms with Crippen LogP contribution in [0.5, 0.6) is 0 Å². The number of carboxylic acids is 1. The Bertz CT molecular complexity index is 637. The molecule has 0 aliphatic rings. The number of hydrogen-bond donors (Lipinski definition) is 2. The van der Waals surface area contributed by atoms with Gasteiger partial charge in [-0.25, -0.2) is 4.79 Å². The number of aryl methyl sites for hydroxylation is 1. The van der Waals surface area contributed by atoms with E-state index in [1.54, 1.807) is 30.3 Å². The first-order valence-corrected chi connectivity index (χ1v) is 6.71. The van der Waals surface area contributed by atoms with Crippen molar-refractivity contribution < 1.29 is 14.7 Å². The molecule has 0 unspecified atom stereocenters. The Morgan fingerprint density at radius 2 is 1.67 bits per heavy atom. The van der Waals surface area contributed by atoms with Crippen molar-refractivity contribution in [2.24, 2.45) is 0 Å². The summed E-state index contributed by atoms with van der Waals surface area (Å²) in [6, 6.07) is 15.2. The van der Waals surface area contributed by atoms with Crippen LogP contribution in [0.15, 0.2) is 54.6 Å². The summed E-state index contributed by atoms with van der Waals surface area (Å²) in [7, 11) is 0. The Labute approximate surface area is 123 Å². The van der Waals surface area contributed by atoms with Gasteiger partial charge in [-0.2, -0.15) is 0 Å². The Balaban J connectivity index is 2.12. The van der Waals surface area contributed by atoms with Crippen molar-refractivity contribution >= 4 is 11.9 Å². The zero-order valence-corrected chi connectivity index (χ0v) is 11.7.